The van der Waals surface area contributed by atoms with Crippen LogP contribution in [0.4, 0.5) is 10.1 Å². The Kier molecular flexibility index (Phi) is 4.74. The van der Waals surface area contributed by atoms with Gasteiger partial charge in [-0.15, -0.1) is 0 Å². The first-order valence-electron chi connectivity index (χ1n) is 6.04. The van der Waals surface area contributed by atoms with Crippen LogP contribution in [0.25, 0.3) is 0 Å². The first-order valence-corrected chi connectivity index (χ1v) is 6.83. The second-order valence-electron chi connectivity index (χ2n) is 4.29. The number of benzene rings is 2. The number of carboxylic acid groups (broad SMARTS) is 1. The minimum Gasteiger partial charge on any atom is -0.481 e. The number of hydrogen-bond acceptors (Lipinski definition) is 2. The molecule has 2 aromatic carbocycles. The summed E-state index contributed by atoms with van der Waals surface area (Å²) in [6.45, 7) is 0.364. The predicted molar refractivity (Wildman–Crippen MR) is 79.2 cm³/mol. The summed E-state index contributed by atoms with van der Waals surface area (Å²) in [4.78, 5) is 10.8. The number of nitrogens with one attached hydrogen (secondary N) is 1. The molecule has 0 aliphatic rings. The zero-order valence-electron chi connectivity index (χ0n) is 10.6. The summed E-state index contributed by atoms with van der Waals surface area (Å²) in [6.07, 6.45) is -0.0453. The Hall–Kier alpha value is -1.88. The first kappa shape index (κ1) is 14.5. The summed E-state index contributed by atoms with van der Waals surface area (Å²) in [5.74, 6) is -1.24. The van der Waals surface area contributed by atoms with Crippen LogP contribution in [0.1, 0.15) is 11.1 Å². The Labute approximate surface area is 124 Å². The fourth-order valence-electron chi connectivity index (χ4n) is 1.92. The van der Waals surface area contributed by atoms with Gasteiger partial charge in [0, 0.05) is 11.0 Å². The highest BCUT2D eigenvalue weighted by molar-refractivity contribution is 9.10. The van der Waals surface area contributed by atoms with E-state index in [0.717, 1.165) is 11.1 Å². The molecule has 0 saturated carbocycles. The van der Waals surface area contributed by atoms with Crippen molar-refractivity contribution in [2.24, 2.45) is 0 Å². The topological polar surface area (TPSA) is 49.3 Å². The van der Waals surface area contributed by atoms with Crippen LogP contribution in [-0.2, 0) is 17.8 Å². The zero-order valence-corrected chi connectivity index (χ0v) is 12.2. The third kappa shape index (κ3) is 3.57. The quantitative estimate of drug-likeness (QED) is 0.871. The average molecular weight is 338 g/mol. The zero-order chi connectivity index (χ0) is 14.5. The van der Waals surface area contributed by atoms with E-state index in [1.807, 2.05) is 12.1 Å². The molecule has 0 atom stereocenters. The molecule has 0 fully saturated rings. The van der Waals surface area contributed by atoms with E-state index in [1.54, 1.807) is 24.3 Å². The largest absolute Gasteiger partial charge is 0.481 e. The lowest BCUT2D eigenvalue weighted by Crippen LogP contribution is -2.08. The van der Waals surface area contributed by atoms with E-state index in [1.165, 1.54) is 6.07 Å². The van der Waals surface area contributed by atoms with Crippen LogP contribution in [0.2, 0.25) is 0 Å². The maximum atomic E-state index is 13.7. The number of halogens is 2. The highest BCUT2D eigenvalue weighted by Crippen LogP contribution is 2.26. The van der Waals surface area contributed by atoms with Gasteiger partial charge in [0.15, 0.2) is 0 Å². The Morgan fingerprint density at radius 2 is 1.85 bits per heavy atom. The molecule has 20 heavy (non-hydrogen) atoms. The van der Waals surface area contributed by atoms with Gasteiger partial charge >= 0.3 is 5.97 Å². The molecule has 0 spiro atoms. The van der Waals surface area contributed by atoms with Crippen molar-refractivity contribution < 1.29 is 14.3 Å². The number of aliphatic carboxylic acids is 1. The fourth-order valence-corrected chi connectivity index (χ4v) is 2.40. The predicted octanol–water partition coefficient (Wildman–Crippen LogP) is 3.83. The molecule has 0 radical (unpaired) electrons. The molecule has 0 amide bonds. The van der Waals surface area contributed by atoms with Crippen LogP contribution < -0.4 is 5.32 Å². The summed E-state index contributed by atoms with van der Waals surface area (Å²) in [7, 11) is 0. The molecule has 2 aromatic rings. The number of carboxylic acids is 1. The highest BCUT2D eigenvalue weighted by atomic mass is 79.9. The van der Waals surface area contributed by atoms with E-state index >= 15 is 0 Å². The molecule has 0 aliphatic carbocycles. The van der Waals surface area contributed by atoms with Gasteiger partial charge < -0.3 is 10.4 Å². The second kappa shape index (κ2) is 6.52. The van der Waals surface area contributed by atoms with Crippen molar-refractivity contribution in [2.75, 3.05) is 5.32 Å². The average Bonchev–Trinajstić information content (AvgIpc) is 2.39. The lowest BCUT2D eigenvalue weighted by Gasteiger charge is -2.12. The molecule has 0 saturated heterocycles. The number of para-hydroxylation sites is 1. The maximum absolute atomic E-state index is 13.7. The lowest BCUT2D eigenvalue weighted by atomic mass is 10.0. The van der Waals surface area contributed by atoms with Crippen LogP contribution in [0, 0.1) is 5.82 Å². The van der Waals surface area contributed by atoms with Crippen molar-refractivity contribution in [3.05, 3.63) is 63.9 Å². The Balaban J connectivity index is 2.17. The molecule has 0 heterocycles. The molecular weight excluding hydrogens is 325 g/mol. The van der Waals surface area contributed by atoms with E-state index in [4.69, 9.17) is 5.11 Å². The van der Waals surface area contributed by atoms with Crippen molar-refractivity contribution in [1.82, 2.24) is 0 Å². The van der Waals surface area contributed by atoms with Gasteiger partial charge in [-0.1, -0.05) is 30.3 Å². The molecule has 2 N–H and O–H groups in total. The van der Waals surface area contributed by atoms with Gasteiger partial charge in [-0.05, 0) is 39.2 Å². The summed E-state index contributed by atoms with van der Waals surface area (Å²) in [5, 5.41) is 11.9. The SMILES string of the molecule is O=C(O)Cc1ccccc1CNc1c(F)cccc1Br. The van der Waals surface area contributed by atoms with Gasteiger partial charge in [0.05, 0.1) is 12.1 Å². The molecule has 0 unspecified atom stereocenters. The van der Waals surface area contributed by atoms with Crippen LogP contribution in [-0.4, -0.2) is 11.1 Å². The van der Waals surface area contributed by atoms with Crippen LogP contribution in [0.3, 0.4) is 0 Å². The molecule has 5 heteroatoms. The third-order valence-corrected chi connectivity index (χ3v) is 3.54. The van der Waals surface area contributed by atoms with Crippen molar-refractivity contribution in [3.8, 4) is 0 Å². The lowest BCUT2D eigenvalue weighted by molar-refractivity contribution is -0.136. The molecule has 104 valence electrons. The molecule has 2 rings (SSSR count). The van der Waals surface area contributed by atoms with Gasteiger partial charge in [0.25, 0.3) is 0 Å². The van der Waals surface area contributed by atoms with E-state index < -0.39 is 5.97 Å². The van der Waals surface area contributed by atoms with Crippen LogP contribution in [0.15, 0.2) is 46.9 Å². The Morgan fingerprint density at radius 1 is 1.15 bits per heavy atom. The fraction of sp³-hybridized carbons (Fsp3) is 0.133. The minimum absolute atomic E-state index is 0.0453. The van der Waals surface area contributed by atoms with Gasteiger partial charge in [0.1, 0.15) is 5.82 Å². The number of anilines is 1. The summed E-state index contributed by atoms with van der Waals surface area (Å²) in [5.41, 5.74) is 1.93. The van der Waals surface area contributed by atoms with E-state index in [0.29, 0.717) is 16.7 Å². The molecule has 0 aromatic heterocycles. The molecule has 0 aliphatic heterocycles. The molecule has 3 nitrogen and oxygen atoms in total. The smallest absolute Gasteiger partial charge is 0.307 e. The van der Waals surface area contributed by atoms with Gasteiger partial charge in [-0.2, -0.15) is 0 Å². The van der Waals surface area contributed by atoms with Crippen molar-refractivity contribution in [2.45, 2.75) is 13.0 Å². The second-order valence-corrected chi connectivity index (χ2v) is 5.14. The Morgan fingerprint density at radius 3 is 2.50 bits per heavy atom. The van der Waals surface area contributed by atoms with Gasteiger partial charge in [-0.25, -0.2) is 4.39 Å². The summed E-state index contributed by atoms with van der Waals surface area (Å²) >= 11 is 3.28. The highest BCUT2D eigenvalue weighted by Gasteiger charge is 2.09. The summed E-state index contributed by atoms with van der Waals surface area (Å²) < 4.78 is 14.3. The monoisotopic (exact) mass is 337 g/mol. The molecular formula is C15H13BrFNO2. The normalized spacial score (nSPS) is 10.3. The maximum Gasteiger partial charge on any atom is 0.307 e. The van der Waals surface area contributed by atoms with Crippen molar-refractivity contribution >= 4 is 27.6 Å². The first-order chi connectivity index (χ1) is 9.58. The molecule has 0 bridgehead atoms. The van der Waals surface area contributed by atoms with Crippen LogP contribution >= 0.6 is 15.9 Å². The van der Waals surface area contributed by atoms with E-state index in [9.17, 15) is 9.18 Å². The van der Waals surface area contributed by atoms with Gasteiger partial charge in [0.2, 0.25) is 0 Å². The van der Waals surface area contributed by atoms with E-state index in [2.05, 4.69) is 21.2 Å². The number of hydrogen-bond donors (Lipinski definition) is 2. The van der Waals surface area contributed by atoms with Crippen molar-refractivity contribution in [3.63, 3.8) is 0 Å². The van der Waals surface area contributed by atoms with Gasteiger partial charge in [-0.3, -0.25) is 4.79 Å². The van der Waals surface area contributed by atoms with E-state index in [-0.39, 0.29) is 12.2 Å². The number of rotatable bonds is 5. The standard InChI is InChI=1S/C15H13BrFNO2/c16-12-6-3-7-13(17)15(12)18-9-11-5-2-1-4-10(11)8-14(19)20/h1-7,18H,8-9H2,(H,19,20). The van der Waals surface area contributed by atoms with Crippen LogP contribution in [0.5, 0.6) is 0 Å². The minimum atomic E-state index is -0.885. The third-order valence-electron chi connectivity index (χ3n) is 2.88. The number of carbonyl (C=O) groups is 1. The van der Waals surface area contributed by atoms with Crippen molar-refractivity contribution in [1.29, 1.82) is 0 Å². The Bertz CT molecular complexity index is 611. The summed E-state index contributed by atoms with van der Waals surface area (Å²) in [6, 6.07) is 12.0.